The van der Waals surface area contributed by atoms with Crippen molar-refractivity contribution in [3.05, 3.63) is 17.0 Å². The molecule has 0 N–H and O–H groups in total. The van der Waals surface area contributed by atoms with Gasteiger partial charge in [0.05, 0.1) is 6.04 Å². The Morgan fingerprint density at radius 2 is 2.05 bits per heavy atom. The molecule has 4 nitrogen and oxygen atoms in total. The molecule has 1 aromatic heterocycles. The molecule has 21 heavy (non-hydrogen) atoms. The van der Waals surface area contributed by atoms with Crippen molar-refractivity contribution in [3.8, 4) is 0 Å². The first-order chi connectivity index (χ1) is 9.87. The Labute approximate surface area is 126 Å². The van der Waals surface area contributed by atoms with Crippen molar-refractivity contribution in [1.29, 1.82) is 0 Å². The van der Waals surface area contributed by atoms with Gasteiger partial charge in [0.15, 0.2) is 5.78 Å². The number of halogens is 3. The number of alkyl halides is 2. The number of anilines is 1. The maximum Gasteiger partial charge on any atom is 0.248 e. The SMILES string of the molecule is C[C@@H]1C(=O)Cc2cnc(Cl)nc2N1C1CCC(F)(F)CC1. The van der Waals surface area contributed by atoms with Crippen LogP contribution in [0.2, 0.25) is 5.28 Å². The molecule has 0 bridgehead atoms. The Morgan fingerprint density at radius 1 is 1.38 bits per heavy atom. The smallest absolute Gasteiger partial charge is 0.248 e. The molecular formula is C14H16ClF2N3O. The summed E-state index contributed by atoms with van der Waals surface area (Å²) < 4.78 is 26.7. The predicted octanol–water partition coefficient (Wildman–Crippen LogP) is 3.03. The van der Waals surface area contributed by atoms with Crippen molar-refractivity contribution in [2.75, 3.05) is 4.90 Å². The third-order valence-corrected chi connectivity index (χ3v) is 4.57. The molecule has 1 atom stereocenters. The van der Waals surface area contributed by atoms with Gasteiger partial charge in [0.1, 0.15) is 5.82 Å². The summed E-state index contributed by atoms with van der Waals surface area (Å²) in [5.74, 6) is -1.91. The number of ketones is 1. The highest BCUT2D eigenvalue weighted by atomic mass is 35.5. The number of hydrogen-bond donors (Lipinski definition) is 0. The maximum absolute atomic E-state index is 13.3. The van der Waals surface area contributed by atoms with Crippen molar-refractivity contribution >= 4 is 23.2 Å². The Balaban J connectivity index is 1.93. The lowest BCUT2D eigenvalue weighted by molar-refractivity contribution is -0.120. The lowest BCUT2D eigenvalue weighted by Gasteiger charge is -2.43. The Hall–Kier alpha value is -1.30. The Kier molecular flexibility index (Phi) is 3.59. The zero-order valence-corrected chi connectivity index (χ0v) is 12.4. The number of nitrogens with zero attached hydrogens (tertiary/aromatic N) is 3. The van der Waals surface area contributed by atoms with Crippen LogP contribution < -0.4 is 4.90 Å². The van der Waals surface area contributed by atoms with E-state index in [1.54, 1.807) is 13.1 Å². The molecule has 1 fully saturated rings. The van der Waals surface area contributed by atoms with E-state index in [9.17, 15) is 13.6 Å². The maximum atomic E-state index is 13.3. The summed E-state index contributed by atoms with van der Waals surface area (Å²) in [6.07, 6.45) is 2.23. The van der Waals surface area contributed by atoms with E-state index in [0.717, 1.165) is 5.56 Å². The minimum atomic E-state index is -2.59. The van der Waals surface area contributed by atoms with Gasteiger partial charge in [0.2, 0.25) is 11.2 Å². The van der Waals surface area contributed by atoms with Gasteiger partial charge < -0.3 is 4.90 Å². The molecule has 114 valence electrons. The molecule has 7 heteroatoms. The van der Waals surface area contributed by atoms with Gasteiger partial charge in [0, 0.05) is 37.1 Å². The average molecular weight is 316 g/mol. The molecule has 1 aliphatic heterocycles. The molecule has 2 heterocycles. The lowest BCUT2D eigenvalue weighted by atomic mass is 9.88. The molecule has 1 aromatic rings. The summed E-state index contributed by atoms with van der Waals surface area (Å²) in [6.45, 7) is 1.80. The highest BCUT2D eigenvalue weighted by molar-refractivity contribution is 6.28. The topological polar surface area (TPSA) is 46.1 Å². The summed E-state index contributed by atoms with van der Waals surface area (Å²) in [7, 11) is 0. The number of fused-ring (bicyclic) bond motifs is 1. The van der Waals surface area contributed by atoms with E-state index in [1.165, 1.54) is 0 Å². The van der Waals surface area contributed by atoms with Crippen molar-refractivity contribution in [2.45, 2.75) is 57.0 Å². The van der Waals surface area contributed by atoms with E-state index >= 15 is 0 Å². The molecule has 0 unspecified atom stereocenters. The summed E-state index contributed by atoms with van der Waals surface area (Å²) in [6, 6.07) is -0.464. The first kappa shape index (κ1) is 14.6. The second-order valence-corrected chi connectivity index (χ2v) is 6.14. The van der Waals surface area contributed by atoms with E-state index in [0.29, 0.717) is 18.7 Å². The highest BCUT2D eigenvalue weighted by Gasteiger charge is 2.41. The van der Waals surface area contributed by atoms with Gasteiger partial charge >= 0.3 is 0 Å². The third-order valence-electron chi connectivity index (χ3n) is 4.38. The van der Waals surface area contributed by atoms with Crippen molar-refractivity contribution in [1.82, 2.24) is 9.97 Å². The summed E-state index contributed by atoms with van der Waals surface area (Å²) in [5.41, 5.74) is 0.722. The van der Waals surface area contributed by atoms with Crippen LogP contribution in [0.4, 0.5) is 14.6 Å². The third kappa shape index (κ3) is 2.73. The molecule has 3 rings (SSSR count). The van der Waals surface area contributed by atoms with Crippen LogP contribution in [0.25, 0.3) is 0 Å². The van der Waals surface area contributed by atoms with Gasteiger partial charge in [-0.1, -0.05) is 0 Å². The van der Waals surface area contributed by atoms with E-state index < -0.39 is 5.92 Å². The minimum absolute atomic E-state index is 0.0609. The molecule has 1 saturated carbocycles. The number of rotatable bonds is 1. The monoisotopic (exact) mass is 315 g/mol. The standard InChI is InChI=1S/C14H16ClF2N3O/c1-8-11(21)6-9-7-18-13(15)19-12(9)20(8)10-2-4-14(16,17)5-3-10/h7-8,10H,2-6H2,1H3/t8-/m1/s1. The molecule has 0 amide bonds. The lowest BCUT2D eigenvalue weighted by Crippen LogP contribution is -2.52. The number of hydrogen-bond acceptors (Lipinski definition) is 4. The number of carbonyl (C=O) groups excluding carboxylic acids is 1. The minimum Gasteiger partial charge on any atom is -0.343 e. The van der Waals surface area contributed by atoms with Crippen LogP contribution in [-0.4, -0.2) is 33.8 Å². The fourth-order valence-corrected chi connectivity index (χ4v) is 3.32. The van der Waals surface area contributed by atoms with Crippen molar-refractivity contribution in [2.24, 2.45) is 0 Å². The zero-order valence-electron chi connectivity index (χ0n) is 11.7. The molecule has 0 saturated heterocycles. The highest BCUT2D eigenvalue weighted by Crippen LogP contribution is 2.39. The number of Topliss-reactive ketones (excluding diaryl/α,β-unsaturated/α-hetero) is 1. The zero-order chi connectivity index (χ0) is 15.2. The predicted molar refractivity (Wildman–Crippen MR) is 74.9 cm³/mol. The van der Waals surface area contributed by atoms with Crippen molar-refractivity contribution < 1.29 is 13.6 Å². The quantitative estimate of drug-likeness (QED) is 0.747. The number of aromatic nitrogens is 2. The van der Waals surface area contributed by atoms with Crippen LogP contribution in [0, 0.1) is 0 Å². The number of carbonyl (C=O) groups is 1. The average Bonchev–Trinajstić information content (AvgIpc) is 2.42. The van der Waals surface area contributed by atoms with Gasteiger partial charge in [-0.3, -0.25) is 4.79 Å². The van der Waals surface area contributed by atoms with Gasteiger partial charge in [0.25, 0.3) is 0 Å². The summed E-state index contributed by atoms with van der Waals surface area (Å²) >= 11 is 5.86. The fraction of sp³-hybridized carbons (Fsp3) is 0.643. The summed E-state index contributed by atoms with van der Waals surface area (Å²) in [5, 5.41) is 0.112. The second kappa shape index (κ2) is 5.16. The van der Waals surface area contributed by atoms with Crippen LogP contribution in [0.3, 0.4) is 0 Å². The normalized spacial score (nSPS) is 25.8. The van der Waals surface area contributed by atoms with Crippen LogP contribution in [-0.2, 0) is 11.2 Å². The van der Waals surface area contributed by atoms with Crippen LogP contribution >= 0.6 is 11.6 Å². The molecule has 0 aromatic carbocycles. The van der Waals surface area contributed by atoms with E-state index in [4.69, 9.17) is 11.6 Å². The Morgan fingerprint density at radius 3 is 2.71 bits per heavy atom. The van der Waals surface area contributed by atoms with Gasteiger partial charge in [-0.15, -0.1) is 0 Å². The molecule has 1 aliphatic carbocycles. The van der Waals surface area contributed by atoms with Gasteiger partial charge in [-0.25, -0.2) is 18.7 Å². The van der Waals surface area contributed by atoms with Crippen LogP contribution in [0.15, 0.2) is 6.20 Å². The molecule has 2 aliphatic rings. The molecular weight excluding hydrogens is 300 g/mol. The second-order valence-electron chi connectivity index (χ2n) is 5.80. The van der Waals surface area contributed by atoms with Crippen molar-refractivity contribution in [3.63, 3.8) is 0 Å². The van der Waals surface area contributed by atoms with E-state index in [1.807, 2.05) is 4.90 Å². The van der Waals surface area contributed by atoms with Crippen LogP contribution in [0.5, 0.6) is 0 Å². The van der Waals surface area contributed by atoms with E-state index in [-0.39, 0.29) is 42.4 Å². The van der Waals surface area contributed by atoms with E-state index in [2.05, 4.69) is 9.97 Å². The first-order valence-electron chi connectivity index (χ1n) is 7.08. The Bertz CT molecular complexity index is 571. The first-order valence-corrected chi connectivity index (χ1v) is 7.45. The largest absolute Gasteiger partial charge is 0.343 e. The summed E-state index contributed by atoms with van der Waals surface area (Å²) in [4.78, 5) is 22.2. The van der Waals surface area contributed by atoms with Gasteiger partial charge in [-0.2, -0.15) is 0 Å². The molecule has 0 spiro atoms. The van der Waals surface area contributed by atoms with Crippen LogP contribution in [0.1, 0.15) is 38.2 Å². The molecule has 0 radical (unpaired) electrons. The fourth-order valence-electron chi connectivity index (χ4n) is 3.19. The van der Waals surface area contributed by atoms with Gasteiger partial charge in [-0.05, 0) is 31.4 Å².